The van der Waals surface area contributed by atoms with Crippen LogP contribution in [0.2, 0.25) is 0 Å². The van der Waals surface area contributed by atoms with Crippen molar-refractivity contribution in [2.45, 2.75) is 58.4 Å². The van der Waals surface area contributed by atoms with E-state index in [-0.39, 0.29) is 23.2 Å². The molecule has 1 aliphatic heterocycles. The first-order valence-corrected chi connectivity index (χ1v) is 11.9. The maximum absolute atomic E-state index is 13.2. The Kier molecular flexibility index (Phi) is 6.72. The molecule has 0 fully saturated rings. The maximum Gasteiger partial charge on any atom is 0.263 e. The third-order valence-corrected chi connectivity index (χ3v) is 6.49. The molecule has 3 aromatic rings. The summed E-state index contributed by atoms with van der Waals surface area (Å²) in [5.74, 6) is 1.05. The van der Waals surface area contributed by atoms with Gasteiger partial charge in [0.25, 0.3) is 6.43 Å². The number of aliphatic imine (C=N–C) groups is 1. The quantitative estimate of drug-likeness (QED) is 0.500. The Labute approximate surface area is 203 Å². The van der Waals surface area contributed by atoms with Crippen LogP contribution in [0.15, 0.2) is 47.5 Å². The lowest BCUT2D eigenvalue weighted by Gasteiger charge is -2.26. The molecule has 5 rings (SSSR count). The average molecular weight is 479 g/mol. The van der Waals surface area contributed by atoms with Gasteiger partial charge in [-0.2, -0.15) is 5.10 Å². The number of amidine groups is 1. The van der Waals surface area contributed by atoms with E-state index >= 15 is 0 Å². The molecule has 1 N–H and O–H groups in total. The zero-order valence-electron chi connectivity index (χ0n) is 19.9. The lowest BCUT2D eigenvalue weighted by atomic mass is 9.92. The molecule has 2 heterocycles. The van der Waals surface area contributed by atoms with Crippen molar-refractivity contribution >= 4 is 5.84 Å². The zero-order chi connectivity index (χ0) is 24.4. The van der Waals surface area contributed by atoms with Crippen molar-refractivity contribution < 1.29 is 18.4 Å². The number of halogens is 2. The number of alkyl halides is 2. The fraction of sp³-hybridized carbons (Fsp3) is 0.370. The Hall–Kier alpha value is -3.39. The average Bonchev–Trinajstić information content (AvgIpc) is 2.86. The second kappa shape index (κ2) is 10.1. The monoisotopic (exact) mass is 478 g/mol. The van der Waals surface area contributed by atoms with Crippen LogP contribution < -0.4 is 10.2 Å². The topological polar surface area (TPSA) is 68.6 Å². The molecule has 2 aromatic carbocycles. The molecule has 0 spiro atoms. The highest BCUT2D eigenvalue weighted by molar-refractivity contribution is 6.02. The Morgan fingerprint density at radius 2 is 1.94 bits per heavy atom. The number of hydrogen-bond donors (Lipinski definition) is 1. The molecule has 0 saturated carbocycles. The summed E-state index contributed by atoms with van der Waals surface area (Å²) in [6.45, 7) is 4.63. The predicted octanol–water partition coefficient (Wildman–Crippen LogP) is 5.59. The summed E-state index contributed by atoms with van der Waals surface area (Å²) in [5.41, 5.74) is 9.17. The van der Waals surface area contributed by atoms with Gasteiger partial charge >= 0.3 is 0 Å². The van der Waals surface area contributed by atoms with Crippen LogP contribution in [0.25, 0.3) is 0 Å². The number of nitrogens with zero attached hydrogens (tertiary/aromatic N) is 3. The fourth-order valence-corrected chi connectivity index (χ4v) is 4.70. The SMILES string of the molecule is Cc1ccc(C[C@@H]2CONC(c3c(Oc4cccc(C(F)F)c4)nnc4c3CCCC4)=N2)c(C)c1. The van der Waals surface area contributed by atoms with Crippen LogP contribution in [0, 0.1) is 13.8 Å². The van der Waals surface area contributed by atoms with Crippen molar-refractivity contribution in [3.05, 3.63) is 81.5 Å². The van der Waals surface area contributed by atoms with E-state index in [1.54, 1.807) is 12.1 Å². The van der Waals surface area contributed by atoms with E-state index in [9.17, 15) is 8.78 Å². The second-order valence-corrected chi connectivity index (χ2v) is 9.17. The van der Waals surface area contributed by atoms with Crippen LogP contribution in [0.1, 0.15) is 58.3 Å². The molecule has 6 nitrogen and oxygen atoms in total. The van der Waals surface area contributed by atoms with Gasteiger partial charge in [0.1, 0.15) is 5.75 Å². The highest BCUT2D eigenvalue weighted by Crippen LogP contribution is 2.33. The molecule has 0 amide bonds. The van der Waals surface area contributed by atoms with E-state index in [0.29, 0.717) is 18.0 Å². The summed E-state index contributed by atoms with van der Waals surface area (Å²) >= 11 is 0. The summed E-state index contributed by atoms with van der Waals surface area (Å²) < 4.78 is 32.5. The number of ether oxygens (including phenoxy) is 1. The highest BCUT2D eigenvalue weighted by Gasteiger charge is 2.28. The van der Waals surface area contributed by atoms with Crippen molar-refractivity contribution in [3.8, 4) is 11.6 Å². The van der Waals surface area contributed by atoms with Gasteiger partial charge in [-0.15, -0.1) is 5.10 Å². The summed E-state index contributed by atoms with van der Waals surface area (Å²) in [5, 5.41) is 8.72. The van der Waals surface area contributed by atoms with Gasteiger partial charge < -0.3 is 4.74 Å². The van der Waals surface area contributed by atoms with Crippen molar-refractivity contribution in [2.75, 3.05) is 6.61 Å². The predicted molar refractivity (Wildman–Crippen MR) is 129 cm³/mol. The standard InChI is InChI=1S/C27H28F2N4O2/c1-16-10-11-18(17(2)12-16)13-20-15-34-33-26(30-20)24-22-8-3-4-9-23(22)31-32-27(24)35-21-7-5-6-19(14-21)25(28)29/h5-7,10-12,14,20,25H,3-4,8-9,13,15H2,1-2H3,(H,30,33)/t20-/m1/s1. The molecule has 0 radical (unpaired) electrons. The minimum absolute atomic E-state index is 0.0879. The Morgan fingerprint density at radius 1 is 1.09 bits per heavy atom. The largest absolute Gasteiger partial charge is 0.437 e. The van der Waals surface area contributed by atoms with E-state index in [2.05, 4.69) is 47.7 Å². The van der Waals surface area contributed by atoms with Crippen LogP contribution in [-0.4, -0.2) is 28.7 Å². The smallest absolute Gasteiger partial charge is 0.263 e. The highest BCUT2D eigenvalue weighted by atomic mass is 19.3. The van der Waals surface area contributed by atoms with Crippen LogP contribution >= 0.6 is 0 Å². The molecule has 1 aliphatic carbocycles. The Balaban J connectivity index is 1.51. The van der Waals surface area contributed by atoms with Gasteiger partial charge in [0, 0.05) is 5.56 Å². The van der Waals surface area contributed by atoms with Crippen molar-refractivity contribution in [2.24, 2.45) is 4.99 Å². The number of aryl methyl sites for hydroxylation is 3. The molecule has 0 bridgehead atoms. The van der Waals surface area contributed by atoms with E-state index in [1.807, 2.05) is 0 Å². The molecule has 1 atom stereocenters. The molecule has 1 aromatic heterocycles. The first kappa shape index (κ1) is 23.4. The summed E-state index contributed by atoms with van der Waals surface area (Å²) in [4.78, 5) is 10.7. The minimum Gasteiger partial charge on any atom is -0.437 e. The van der Waals surface area contributed by atoms with Gasteiger partial charge in [-0.25, -0.2) is 14.3 Å². The summed E-state index contributed by atoms with van der Waals surface area (Å²) in [7, 11) is 0. The summed E-state index contributed by atoms with van der Waals surface area (Å²) in [6, 6.07) is 12.2. The van der Waals surface area contributed by atoms with Gasteiger partial charge in [0.2, 0.25) is 5.88 Å². The first-order chi connectivity index (χ1) is 17.0. The first-order valence-electron chi connectivity index (χ1n) is 11.9. The normalized spacial score (nSPS) is 17.5. The van der Waals surface area contributed by atoms with Crippen LogP contribution in [0.3, 0.4) is 0 Å². The van der Waals surface area contributed by atoms with Crippen molar-refractivity contribution in [1.82, 2.24) is 15.7 Å². The van der Waals surface area contributed by atoms with Gasteiger partial charge in [-0.05, 0) is 74.8 Å². The van der Waals surface area contributed by atoms with Crippen molar-refractivity contribution in [3.63, 3.8) is 0 Å². The maximum atomic E-state index is 13.2. The van der Waals surface area contributed by atoms with E-state index < -0.39 is 6.43 Å². The number of rotatable bonds is 6. The molecule has 8 heteroatoms. The molecule has 182 valence electrons. The molecule has 35 heavy (non-hydrogen) atoms. The van der Waals surface area contributed by atoms with E-state index in [1.165, 1.54) is 28.8 Å². The van der Waals surface area contributed by atoms with Crippen LogP contribution in [0.4, 0.5) is 8.78 Å². The molecule has 2 aliphatic rings. The van der Waals surface area contributed by atoms with Crippen LogP contribution in [-0.2, 0) is 24.1 Å². The zero-order valence-corrected chi connectivity index (χ0v) is 19.9. The number of benzene rings is 2. The van der Waals surface area contributed by atoms with Crippen molar-refractivity contribution in [1.29, 1.82) is 0 Å². The molecular weight excluding hydrogens is 450 g/mol. The van der Waals surface area contributed by atoms with Gasteiger partial charge in [-0.3, -0.25) is 9.83 Å². The molecular formula is C27H28F2N4O2. The van der Waals surface area contributed by atoms with Gasteiger partial charge in [-0.1, -0.05) is 35.9 Å². The lowest BCUT2D eigenvalue weighted by molar-refractivity contribution is 0.0622. The molecule has 0 unspecified atom stereocenters. The van der Waals surface area contributed by atoms with Crippen LogP contribution in [0.5, 0.6) is 11.6 Å². The second-order valence-electron chi connectivity index (χ2n) is 9.17. The van der Waals surface area contributed by atoms with E-state index in [0.717, 1.165) is 43.4 Å². The number of hydroxylamine groups is 1. The minimum atomic E-state index is -2.59. The van der Waals surface area contributed by atoms with E-state index in [4.69, 9.17) is 14.6 Å². The van der Waals surface area contributed by atoms with Gasteiger partial charge in [0.15, 0.2) is 5.84 Å². The Bertz CT molecular complexity index is 1260. The van der Waals surface area contributed by atoms with Gasteiger partial charge in [0.05, 0.1) is 23.9 Å². The lowest BCUT2D eigenvalue weighted by Crippen LogP contribution is -2.38. The summed E-state index contributed by atoms with van der Waals surface area (Å²) in [6.07, 6.45) is 1.86. The number of fused-ring (bicyclic) bond motifs is 1. The molecule has 0 saturated heterocycles. The number of nitrogens with one attached hydrogen (secondary N) is 1. The fourth-order valence-electron chi connectivity index (χ4n) is 4.70. The number of hydrogen-bond acceptors (Lipinski definition) is 6. The Morgan fingerprint density at radius 3 is 2.77 bits per heavy atom. The number of aromatic nitrogens is 2. The third-order valence-electron chi connectivity index (χ3n) is 6.49. The third kappa shape index (κ3) is 5.17.